The second kappa shape index (κ2) is 6.04. The number of thiophene rings is 1. The monoisotopic (exact) mass is 296 g/mol. The summed E-state index contributed by atoms with van der Waals surface area (Å²) in [4.78, 5) is 12.6. The molecule has 0 aliphatic heterocycles. The molecule has 1 heterocycles. The molecule has 0 saturated heterocycles. The molecule has 1 aliphatic carbocycles. The molecule has 112 valence electrons. The number of rotatable bonds is 7. The van der Waals surface area contributed by atoms with Crippen molar-refractivity contribution in [2.75, 3.05) is 11.1 Å². The van der Waals surface area contributed by atoms with Crippen LogP contribution in [0.15, 0.2) is 0 Å². The molecule has 1 aromatic rings. The van der Waals surface area contributed by atoms with E-state index in [4.69, 9.17) is 10.5 Å². The van der Waals surface area contributed by atoms with E-state index >= 15 is 0 Å². The Morgan fingerprint density at radius 1 is 1.45 bits per heavy atom. The number of nitrogens with two attached hydrogens (primary N) is 1. The van der Waals surface area contributed by atoms with Gasteiger partial charge < -0.3 is 15.8 Å². The minimum absolute atomic E-state index is 0.0354. The lowest BCUT2D eigenvalue weighted by molar-refractivity contribution is 0.0992. The number of ether oxygens (including phenoxy) is 1. The molecule has 5 heteroatoms. The zero-order chi connectivity index (χ0) is 14.9. The molecule has 0 aromatic carbocycles. The molecule has 1 unspecified atom stereocenters. The highest BCUT2D eigenvalue weighted by molar-refractivity contribution is 7.19. The van der Waals surface area contributed by atoms with Gasteiger partial charge in [0.1, 0.15) is 5.00 Å². The van der Waals surface area contributed by atoms with Crippen LogP contribution in [0.2, 0.25) is 0 Å². The predicted octanol–water partition coefficient (Wildman–Crippen LogP) is 3.92. The van der Waals surface area contributed by atoms with E-state index in [2.05, 4.69) is 12.2 Å². The Labute approximate surface area is 124 Å². The van der Waals surface area contributed by atoms with E-state index in [1.54, 1.807) is 0 Å². The van der Waals surface area contributed by atoms with Gasteiger partial charge in [-0.15, -0.1) is 11.3 Å². The molecule has 1 saturated carbocycles. The number of hydrogen-bond donors (Lipinski definition) is 2. The Bertz CT molecular complexity index is 492. The second-order valence-corrected chi connectivity index (χ2v) is 6.74. The third kappa shape index (κ3) is 3.26. The fourth-order valence-electron chi connectivity index (χ4n) is 2.17. The largest absolute Gasteiger partial charge is 0.486 e. The first-order valence-corrected chi connectivity index (χ1v) is 8.14. The summed E-state index contributed by atoms with van der Waals surface area (Å²) in [5, 5.41) is 4.38. The van der Waals surface area contributed by atoms with Crippen LogP contribution in [0.1, 0.15) is 56.6 Å². The minimum Gasteiger partial charge on any atom is -0.486 e. The number of carbonyl (C=O) groups is 1. The van der Waals surface area contributed by atoms with Gasteiger partial charge in [0.15, 0.2) is 11.5 Å². The molecule has 1 fully saturated rings. The van der Waals surface area contributed by atoms with Crippen molar-refractivity contribution in [1.29, 1.82) is 0 Å². The number of hydrogen-bond acceptors (Lipinski definition) is 5. The van der Waals surface area contributed by atoms with Crippen molar-refractivity contribution in [3.63, 3.8) is 0 Å². The van der Waals surface area contributed by atoms with Gasteiger partial charge in [-0.3, -0.25) is 4.79 Å². The van der Waals surface area contributed by atoms with E-state index in [1.165, 1.54) is 24.2 Å². The van der Waals surface area contributed by atoms with Crippen LogP contribution in [-0.4, -0.2) is 17.9 Å². The van der Waals surface area contributed by atoms with Gasteiger partial charge in [0, 0.05) is 12.5 Å². The fraction of sp³-hybridized carbons (Fsp3) is 0.667. The average molecular weight is 296 g/mol. The second-order valence-electron chi connectivity index (χ2n) is 5.72. The normalized spacial score (nSPS) is 16.2. The molecule has 3 N–H and O–H groups in total. The maximum Gasteiger partial charge on any atom is 0.177 e. The lowest BCUT2D eigenvalue weighted by Crippen LogP contribution is -2.17. The third-order valence-corrected chi connectivity index (χ3v) is 4.67. The van der Waals surface area contributed by atoms with Crippen molar-refractivity contribution in [3.8, 4) is 5.75 Å². The molecule has 0 radical (unpaired) electrons. The van der Waals surface area contributed by atoms with Gasteiger partial charge in [-0.1, -0.05) is 6.92 Å². The number of nitrogens with one attached hydrogen (secondary N) is 1. The first-order chi connectivity index (χ1) is 9.43. The van der Waals surface area contributed by atoms with Crippen molar-refractivity contribution in [2.24, 2.45) is 5.92 Å². The smallest absolute Gasteiger partial charge is 0.177 e. The first-order valence-electron chi connectivity index (χ1n) is 7.32. The van der Waals surface area contributed by atoms with E-state index in [0.717, 1.165) is 10.9 Å². The Hall–Kier alpha value is -1.23. The van der Waals surface area contributed by atoms with Crippen molar-refractivity contribution >= 4 is 27.8 Å². The molecule has 2 rings (SSSR count). The topological polar surface area (TPSA) is 64.3 Å². The summed E-state index contributed by atoms with van der Waals surface area (Å²) in [5.74, 6) is 1.46. The zero-order valence-corrected chi connectivity index (χ0v) is 13.5. The van der Waals surface area contributed by atoms with Crippen molar-refractivity contribution in [3.05, 3.63) is 4.88 Å². The summed E-state index contributed by atoms with van der Waals surface area (Å²) < 4.78 is 5.82. The van der Waals surface area contributed by atoms with Crippen LogP contribution in [0.25, 0.3) is 0 Å². The van der Waals surface area contributed by atoms with E-state index in [-0.39, 0.29) is 11.9 Å². The lowest BCUT2D eigenvalue weighted by Gasteiger charge is -2.16. The van der Waals surface area contributed by atoms with Crippen LogP contribution in [0, 0.1) is 5.92 Å². The van der Waals surface area contributed by atoms with Gasteiger partial charge in [0.05, 0.1) is 16.7 Å². The summed E-state index contributed by atoms with van der Waals surface area (Å²) in [6.07, 6.45) is 3.05. The zero-order valence-electron chi connectivity index (χ0n) is 12.7. The summed E-state index contributed by atoms with van der Waals surface area (Å²) in [6, 6.07) is 0.396. The third-order valence-electron chi connectivity index (χ3n) is 3.52. The molecule has 0 bridgehead atoms. The summed E-state index contributed by atoms with van der Waals surface area (Å²) in [6.45, 7) is 7.96. The average Bonchev–Trinajstić information content (AvgIpc) is 3.19. The van der Waals surface area contributed by atoms with Gasteiger partial charge in [0.25, 0.3) is 0 Å². The SMILES string of the molecule is CCC(=O)c1sc(NC(C)C2CC2)c(OC(C)C)c1N. The highest BCUT2D eigenvalue weighted by Crippen LogP contribution is 2.45. The predicted molar refractivity (Wildman–Crippen MR) is 84.9 cm³/mol. The summed E-state index contributed by atoms with van der Waals surface area (Å²) in [7, 11) is 0. The van der Waals surface area contributed by atoms with Crippen LogP contribution >= 0.6 is 11.3 Å². The van der Waals surface area contributed by atoms with Crippen molar-refractivity contribution in [2.45, 2.75) is 59.1 Å². The van der Waals surface area contributed by atoms with E-state index in [9.17, 15) is 4.79 Å². The van der Waals surface area contributed by atoms with Gasteiger partial charge >= 0.3 is 0 Å². The summed E-state index contributed by atoms with van der Waals surface area (Å²) >= 11 is 1.42. The Kier molecular flexibility index (Phi) is 4.58. The Balaban J connectivity index is 2.28. The van der Waals surface area contributed by atoms with Crippen LogP contribution in [0.4, 0.5) is 10.7 Å². The van der Waals surface area contributed by atoms with Crippen molar-refractivity contribution < 1.29 is 9.53 Å². The number of carbonyl (C=O) groups excluding carboxylic acids is 1. The van der Waals surface area contributed by atoms with Crippen LogP contribution in [-0.2, 0) is 0 Å². The Morgan fingerprint density at radius 2 is 2.10 bits per heavy atom. The summed E-state index contributed by atoms with van der Waals surface area (Å²) in [5.41, 5.74) is 6.61. The van der Waals surface area contributed by atoms with E-state index in [0.29, 0.717) is 28.8 Å². The highest BCUT2D eigenvalue weighted by atomic mass is 32.1. The molecular formula is C15H24N2O2S. The molecule has 0 spiro atoms. The van der Waals surface area contributed by atoms with E-state index in [1.807, 2.05) is 20.8 Å². The number of anilines is 2. The van der Waals surface area contributed by atoms with Crippen molar-refractivity contribution in [1.82, 2.24) is 0 Å². The lowest BCUT2D eigenvalue weighted by atomic mass is 10.2. The number of Topliss-reactive ketones (excluding diaryl/α,β-unsaturated/α-hetero) is 1. The molecule has 1 aromatic heterocycles. The minimum atomic E-state index is 0.0354. The quantitative estimate of drug-likeness (QED) is 0.748. The number of ketones is 1. The maximum atomic E-state index is 12.0. The van der Waals surface area contributed by atoms with Crippen LogP contribution < -0.4 is 15.8 Å². The molecule has 0 amide bonds. The van der Waals surface area contributed by atoms with E-state index < -0.39 is 0 Å². The molecule has 1 aliphatic rings. The Morgan fingerprint density at radius 3 is 2.60 bits per heavy atom. The van der Waals surface area contributed by atoms with Crippen LogP contribution in [0.3, 0.4) is 0 Å². The van der Waals surface area contributed by atoms with Crippen LogP contribution in [0.5, 0.6) is 5.75 Å². The molecule has 1 atom stereocenters. The molecule has 4 nitrogen and oxygen atoms in total. The van der Waals surface area contributed by atoms with Gasteiger partial charge in [-0.05, 0) is 39.5 Å². The number of nitrogen functional groups attached to an aromatic ring is 1. The maximum absolute atomic E-state index is 12.0. The standard InChI is InChI=1S/C15H24N2O2S/c1-5-11(18)14-12(16)13(19-8(2)3)15(20-14)17-9(4)10-6-7-10/h8-10,17H,5-7,16H2,1-4H3. The fourth-order valence-corrected chi connectivity index (χ4v) is 3.33. The highest BCUT2D eigenvalue weighted by Gasteiger charge is 2.30. The van der Waals surface area contributed by atoms with Gasteiger partial charge in [-0.25, -0.2) is 0 Å². The molecular weight excluding hydrogens is 272 g/mol. The van der Waals surface area contributed by atoms with Gasteiger partial charge in [0.2, 0.25) is 0 Å². The first kappa shape index (κ1) is 15.2. The van der Waals surface area contributed by atoms with Gasteiger partial charge in [-0.2, -0.15) is 0 Å². The molecule has 20 heavy (non-hydrogen) atoms.